The van der Waals surface area contributed by atoms with Gasteiger partial charge in [-0.25, -0.2) is 0 Å². The van der Waals surface area contributed by atoms with Crippen LogP contribution in [-0.4, -0.2) is 42.7 Å². The molecular formula is C14H23N3O2. The molecule has 0 radical (unpaired) electrons. The van der Waals surface area contributed by atoms with E-state index in [2.05, 4.69) is 15.2 Å². The zero-order chi connectivity index (χ0) is 14.1. The number of aromatic nitrogens is 1. The molecule has 0 aliphatic heterocycles. The second-order valence-electron chi connectivity index (χ2n) is 4.46. The summed E-state index contributed by atoms with van der Waals surface area (Å²) in [5, 5.41) is 11.5. The van der Waals surface area contributed by atoms with Gasteiger partial charge < -0.3 is 15.3 Å². The van der Waals surface area contributed by atoms with Crippen LogP contribution in [0.25, 0.3) is 0 Å². The van der Waals surface area contributed by atoms with Gasteiger partial charge in [0.1, 0.15) is 5.69 Å². The quantitative estimate of drug-likeness (QED) is 0.698. The minimum Gasteiger partial charge on any atom is -0.396 e. The SMILES string of the molecule is CCNC(=O)c1cc(N(C)CCCCCO)ccn1. The van der Waals surface area contributed by atoms with Crippen LogP contribution in [0, 0.1) is 0 Å². The lowest BCUT2D eigenvalue weighted by Crippen LogP contribution is -2.24. The lowest BCUT2D eigenvalue weighted by Gasteiger charge is -2.19. The Morgan fingerprint density at radius 1 is 1.42 bits per heavy atom. The van der Waals surface area contributed by atoms with Crippen LogP contribution in [0.15, 0.2) is 18.3 Å². The van der Waals surface area contributed by atoms with Crippen molar-refractivity contribution >= 4 is 11.6 Å². The third-order valence-corrected chi connectivity index (χ3v) is 2.91. The first-order valence-corrected chi connectivity index (χ1v) is 6.75. The molecule has 0 fully saturated rings. The van der Waals surface area contributed by atoms with Crippen molar-refractivity contribution in [3.63, 3.8) is 0 Å². The van der Waals surface area contributed by atoms with Gasteiger partial charge in [0.25, 0.3) is 5.91 Å². The van der Waals surface area contributed by atoms with Gasteiger partial charge in [-0.1, -0.05) is 0 Å². The number of carbonyl (C=O) groups excluding carboxylic acids is 1. The molecule has 0 saturated carbocycles. The van der Waals surface area contributed by atoms with Crippen LogP contribution in [-0.2, 0) is 0 Å². The predicted octanol–water partition coefficient (Wildman–Crippen LogP) is 1.43. The highest BCUT2D eigenvalue weighted by atomic mass is 16.2. The van der Waals surface area contributed by atoms with Gasteiger partial charge in [0.15, 0.2) is 0 Å². The molecule has 1 aromatic rings. The van der Waals surface area contributed by atoms with Crippen LogP contribution in [0.3, 0.4) is 0 Å². The van der Waals surface area contributed by atoms with Crippen molar-refractivity contribution in [3.05, 3.63) is 24.0 Å². The van der Waals surface area contributed by atoms with Gasteiger partial charge >= 0.3 is 0 Å². The highest BCUT2D eigenvalue weighted by molar-refractivity contribution is 5.93. The molecule has 5 heteroatoms. The van der Waals surface area contributed by atoms with Crippen molar-refractivity contribution in [3.8, 4) is 0 Å². The maximum atomic E-state index is 11.7. The Balaban J connectivity index is 2.57. The number of hydrogen-bond donors (Lipinski definition) is 2. The third kappa shape index (κ3) is 5.26. The number of rotatable bonds is 8. The smallest absolute Gasteiger partial charge is 0.269 e. The Morgan fingerprint density at radius 3 is 2.89 bits per heavy atom. The third-order valence-electron chi connectivity index (χ3n) is 2.91. The molecule has 0 saturated heterocycles. The molecule has 0 unspecified atom stereocenters. The van der Waals surface area contributed by atoms with E-state index in [9.17, 15) is 4.79 Å². The van der Waals surface area contributed by atoms with Crippen LogP contribution in [0.2, 0.25) is 0 Å². The molecule has 1 rings (SSSR count). The summed E-state index contributed by atoms with van der Waals surface area (Å²) in [6, 6.07) is 3.70. The van der Waals surface area contributed by atoms with Crippen molar-refractivity contribution in [2.45, 2.75) is 26.2 Å². The lowest BCUT2D eigenvalue weighted by atomic mass is 10.2. The maximum Gasteiger partial charge on any atom is 0.269 e. The zero-order valence-corrected chi connectivity index (χ0v) is 11.7. The van der Waals surface area contributed by atoms with Gasteiger partial charge in [0.2, 0.25) is 0 Å². The molecule has 0 aliphatic rings. The molecular weight excluding hydrogens is 242 g/mol. The summed E-state index contributed by atoms with van der Waals surface area (Å²) in [5.41, 5.74) is 1.43. The first-order chi connectivity index (χ1) is 9.19. The zero-order valence-electron chi connectivity index (χ0n) is 11.7. The molecule has 2 N–H and O–H groups in total. The van der Waals surface area contributed by atoms with E-state index < -0.39 is 0 Å². The fraction of sp³-hybridized carbons (Fsp3) is 0.571. The number of carbonyl (C=O) groups is 1. The highest BCUT2D eigenvalue weighted by Crippen LogP contribution is 2.13. The summed E-state index contributed by atoms with van der Waals surface area (Å²) in [6.45, 7) is 3.63. The summed E-state index contributed by atoms with van der Waals surface area (Å²) >= 11 is 0. The second kappa shape index (κ2) is 8.48. The first kappa shape index (κ1) is 15.4. The first-order valence-electron chi connectivity index (χ1n) is 6.75. The van der Waals surface area contributed by atoms with Gasteiger partial charge in [-0.15, -0.1) is 0 Å². The van der Waals surface area contributed by atoms with Crippen LogP contribution in [0.5, 0.6) is 0 Å². The summed E-state index contributed by atoms with van der Waals surface area (Å²) in [7, 11) is 2.00. The number of aliphatic hydroxyl groups is 1. The summed E-state index contributed by atoms with van der Waals surface area (Å²) in [6.07, 6.45) is 4.53. The molecule has 0 spiro atoms. The van der Waals surface area contributed by atoms with Crippen LogP contribution >= 0.6 is 0 Å². The number of nitrogens with zero attached hydrogens (tertiary/aromatic N) is 2. The lowest BCUT2D eigenvalue weighted by molar-refractivity contribution is 0.0951. The van der Waals surface area contributed by atoms with Crippen LogP contribution in [0.1, 0.15) is 36.7 Å². The van der Waals surface area contributed by atoms with Crippen molar-refractivity contribution in [1.29, 1.82) is 0 Å². The number of pyridine rings is 1. The Hall–Kier alpha value is -1.62. The largest absolute Gasteiger partial charge is 0.396 e. The number of anilines is 1. The number of hydrogen-bond acceptors (Lipinski definition) is 4. The fourth-order valence-corrected chi connectivity index (χ4v) is 1.80. The number of amides is 1. The monoisotopic (exact) mass is 265 g/mol. The standard InChI is InChI=1S/C14H23N3O2/c1-3-15-14(19)13-11-12(7-8-16-13)17(2)9-5-4-6-10-18/h7-8,11,18H,3-6,9-10H2,1-2H3,(H,15,19). The normalized spacial score (nSPS) is 10.3. The number of aliphatic hydroxyl groups excluding tert-OH is 1. The number of nitrogens with one attached hydrogen (secondary N) is 1. The average Bonchev–Trinajstić information content (AvgIpc) is 2.44. The van der Waals surface area contributed by atoms with E-state index in [4.69, 9.17) is 5.11 Å². The van der Waals surface area contributed by atoms with Crippen molar-refractivity contribution in [2.75, 3.05) is 31.6 Å². The topological polar surface area (TPSA) is 65.5 Å². The molecule has 1 heterocycles. The van der Waals surface area contributed by atoms with Gasteiger partial charge in [0, 0.05) is 38.6 Å². The summed E-state index contributed by atoms with van der Waals surface area (Å²) < 4.78 is 0. The molecule has 1 aromatic heterocycles. The highest BCUT2D eigenvalue weighted by Gasteiger charge is 2.08. The Kier molecular flexibility index (Phi) is 6.89. The molecule has 106 valence electrons. The van der Waals surface area contributed by atoms with E-state index in [1.807, 2.05) is 20.0 Å². The Labute approximate surface area is 114 Å². The van der Waals surface area contributed by atoms with Gasteiger partial charge in [-0.2, -0.15) is 0 Å². The minimum absolute atomic E-state index is 0.141. The minimum atomic E-state index is -0.141. The van der Waals surface area contributed by atoms with Gasteiger partial charge in [0.05, 0.1) is 0 Å². The molecule has 19 heavy (non-hydrogen) atoms. The van der Waals surface area contributed by atoms with Crippen molar-refractivity contribution in [1.82, 2.24) is 10.3 Å². The molecule has 0 atom stereocenters. The van der Waals surface area contributed by atoms with E-state index in [0.29, 0.717) is 12.2 Å². The van der Waals surface area contributed by atoms with E-state index in [1.54, 1.807) is 12.3 Å². The Bertz CT molecular complexity index is 396. The van der Waals surface area contributed by atoms with E-state index in [1.165, 1.54) is 0 Å². The maximum absolute atomic E-state index is 11.7. The van der Waals surface area contributed by atoms with Crippen molar-refractivity contribution < 1.29 is 9.90 Å². The Morgan fingerprint density at radius 2 is 2.21 bits per heavy atom. The average molecular weight is 265 g/mol. The van der Waals surface area contributed by atoms with E-state index in [0.717, 1.165) is 31.5 Å². The van der Waals surface area contributed by atoms with E-state index in [-0.39, 0.29) is 12.5 Å². The fourth-order valence-electron chi connectivity index (χ4n) is 1.80. The summed E-state index contributed by atoms with van der Waals surface area (Å²) in [5.74, 6) is -0.141. The van der Waals surface area contributed by atoms with E-state index >= 15 is 0 Å². The number of unbranched alkanes of at least 4 members (excludes halogenated alkanes) is 2. The molecule has 5 nitrogen and oxygen atoms in total. The second-order valence-corrected chi connectivity index (χ2v) is 4.46. The summed E-state index contributed by atoms with van der Waals surface area (Å²) in [4.78, 5) is 17.9. The van der Waals surface area contributed by atoms with Gasteiger partial charge in [-0.3, -0.25) is 9.78 Å². The molecule has 0 bridgehead atoms. The van der Waals surface area contributed by atoms with Crippen LogP contribution < -0.4 is 10.2 Å². The van der Waals surface area contributed by atoms with Crippen LogP contribution in [0.4, 0.5) is 5.69 Å². The molecule has 0 aromatic carbocycles. The van der Waals surface area contributed by atoms with Gasteiger partial charge in [-0.05, 0) is 38.3 Å². The molecule has 0 aliphatic carbocycles. The van der Waals surface area contributed by atoms with Crippen molar-refractivity contribution in [2.24, 2.45) is 0 Å². The predicted molar refractivity (Wildman–Crippen MR) is 76.5 cm³/mol. The molecule has 1 amide bonds.